The van der Waals surface area contributed by atoms with Crippen molar-refractivity contribution in [1.29, 1.82) is 0 Å². The van der Waals surface area contributed by atoms with Gasteiger partial charge in [-0.2, -0.15) is 4.98 Å². The molecule has 1 aromatic rings. The molecule has 4 N–H and O–H groups in total. The molecule has 178 valence electrons. The summed E-state index contributed by atoms with van der Waals surface area (Å²) < 4.78 is 36.5. The van der Waals surface area contributed by atoms with Gasteiger partial charge in [0.15, 0.2) is 6.23 Å². The minimum Gasteiger partial charge on any atom is -0.461 e. The highest BCUT2D eigenvalue weighted by Gasteiger charge is 2.60. The predicted octanol–water partition coefficient (Wildman–Crippen LogP) is 0.851. The molecule has 0 amide bonds. The van der Waals surface area contributed by atoms with E-state index < -0.39 is 49.5 Å². The molecule has 2 aliphatic heterocycles. The average molecular weight is 472 g/mol. The molecule has 0 radical (unpaired) electrons. The lowest BCUT2D eigenvalue weighted by molar-refractivity contribution is -0.152. The number of hydrogen-bond acceptors (Lipinski definition) is 10. The molecule has 1 aromatic heterocycles. The summed E-state index contributed by atoms with van der Waals surface area (Å²) in [6.45, 7) is 2.74. The van der Waals surface area contributed by atoms with Crippen molar-refractivity contribution in [2.24, 2.45) is 0 Å². The summed E-state index contributed by atoms with van der Waals surface area (Å²) in [7, 11) is -3.98. The van der Waals surface area contributed by atoms with E-state index in [-0.39, 0.29) is 18.5 Å². The Morgan fingerprint density at radius 3 is 2.84 bits per heavy atom. The Bertz CT molecular complexity index is 963. The van der Waals surface area contributed by atoms with Crippen LogP contribution in [0, 0.1) is 0 Å². The van der Waals surface area contributed by atoms with Crippen molar-refractivity contribution in [2.45, 2.75) is 82.1 Å². The Labute approximate surface area is 185 Å². The average Bonchev–Trinajstić information content (AvgIpc) is 2.98. The van der Waals surface area contributed by atoms with Gasteiger partial charge in [0.1, 0.15) is 35.8 Å². The number of fused-ring (bicyclic) bond motifs is 1. The molecule has 32 heavy (non-hydrogen) atoms. The Morgan fingerprint density at radius 2 is 2.16 bits per heavy atom. The summed E-state index contributed by atoms with van der Waals surface area (Å²) in [5, 5.41) is 13.7. The number of aromatic nitrogens is 2. The second-order valence-corrected chi connectivity index (χ2v) is 10.4. The zero-order valence-corrected chi connectivity index (χ0v) is 18.9. The number of nitrogens with one attached hydrogen (secondary N) is 1. The zero-order chi connectivity index (χ0) is 23.1. The number of carbonyl (C=O) groups is 1. The van der Waals surface area contributed by atoms with Crippen LogP contribution in [0.2, 0.25) is 0 Å². The van der Waals surface area contributed by atoms with Crippen molar-refractivity contribution < 1.29 is 33.0 Å². The van der Waals surface area contributed by atoms with Crippen LogP contribution >= 0.6 is 7.75 Å². The molecule has 6 atom stereocenters. The first-order chi connectivity index (χ1) is 15.1. The van der Waals surface area contributed by atoms with E-state index in [1.165, 1.54) is 26.1 Å². The Hall–Kier alpha value is -1.82. The van der Waals surface area contributed by atoms with Gasteiger partial charge in [0, 0.05) is 6.20 Å². The fourth-order valence-corrected chi connectivity index (χ4v) is 6.07. The normalized spacial score (nSPS) is 36.4. The number of anilines is 1. The van der Waals surface area contributed by atoms with Crippen molar-refractivity contribution >= 4 is 19.5 Å². The summed E-state index contributed by atoms with van der Waals surface area (Å²) in [6.07, 6.45) is 2.93. The fourth-order valence-electron chi connectivity index (χ4n) is 4.30. The lowest BCUT2D eigenvalue weighted by Crippen LogP contribution is -2.50. The van der Waals surface area contributed by atoms with Crippen LogP contribution in [0.5, 0.6) is 0 Å². The van der Waals surface area contributed by atoms with E-state index in [1.54, 1.807) is 0 Å². The number of nitrogens with two attached hydrogens (primary N) is 1. The van der Waals surface area contributed by atoms with Crippen LogP contribution in [0.1, 0.15) is 52.2 Å². The molecule has 1 aliphatic carbocycles. The van der Waals surface area contributed by atoms with Gasteiger partial charge < -0.3 is 20.3 Å². The van der Waals surface area contributed by atoms with Crippen molar-refractivity contribution in [3.8, 4) is 0 Å². The molecule has 0 aromatic carbocycles. The lowest BCUT2D eigenvalue weighted by atomic mass is 9.96. The largest absolute Gasteiger partial charge is 0.461 e. The highest BCUT2D eigenvalue weighted by molar-refractivity contribution is 7.51. The van der Waals surface area contributed by atoms with Gasteiger partial charge in [0.2, 0.25) is 0 Å². The third-order valence-electron chi connectivity index (χ3n) is 6.02. The summed E-state index contributed by atoms with van der Waals surface area (Å²) in [4.78, 5) is 28.3. The summed E-state index contributed by atoms with van der Waals surface area (Å²) in [6, 6.07) is 0.443. The fraction of sp³-hybridized carbons (Fsp3) is 0.737. The number of ether oxygens (including phenoxy) is 2. The quantitative estimate of drug-likeness (QED) is 0.411. The molecular weight excluding hydrogens is 443 g/mol. The summed E-state index contributed by atoms with van der Waals surface area (Å²) in [5.41, 5.74) is 3.06. The van der Waals surface area contributed by atoms with E-state index in [9.17, 15) is 19.3 Å². The summed E-state index contributed by atoms with van der Waals surface area (Å²) in [5.74, 6) is -0.517. The van der Waals surface area contributed by atoms with Gasteiger partial charge >= 0.3 is 19.4 Å². The van der Waals surface area contributed by atoms with Crippen LogP contribution in [-0.4, -0.2) is 57.2 Å². The number of nitrogens with zero attached hydrogens (tertiary/aromatic N) is 2. The van der Waals surface area contributed by atoms with Gasteiger partial charge in [-0.1, -0.05) is 6.42 Å². The molecule has 0 bridgehead atoms. The number of esters is 1. The molecular formula is C19H29N4O8P. The van der Waals surface area contributed by atoms with E-state index in [2.05, 4.69) is 10.1 Å². The molecule has 3 heterocycles. The predicted molar refractivity (Wildman–Crippen MR) is 111 cm³/mol. The first kappa shape index (κ1) is 23.3. The Balaban J connectivity index is 1.44. The standard InChI is InChI=1S/C19H29N4O8P/c1-11(16(24)29-12-6-4-3-5-7-12)22-32(27)28-10-13-15(31-32)19(2,26)17(30-13)23-9-8-14(20)21-18(23)25/h8-9,11-13,15,17,26H,3-7,10H2,1-2H3,(H,22,27)(H2,20,21,25)/t11-,13+,15+,17+,19+,32?/m0/s1. The zero-order valence-electron chi connectivity index (χ0n) is 18.0. The van der Waals surface area contributed by atoms with E-state index in [0.717, 1.165) is 36.7 Å². The van der Waals surface area contributed by atoms with Gasteiger partial charge in [-0.05, 0) is 45.6 Å². The van der Waals surface area contributed by atoms with E-state index >= 15 is 0 Å². The van der Waals surface area contributed by atoms with Crippen molar-refractivity contribution in [3.63, 3.8) is 0 Å². The van der Waals surface area contributed by atoms with Gasteiger partial charge in [-0.3, -0.25) is 18.4 Å². The van der Waals surface area contributed by atoms with Gasteiger partial charge in [0.25, 0.3) is 0 Å². The second-order valence-electron chi connectivity index (χ2n) is 8.66. The molecule has 4 rings (SSSR count). The maximum absolute atomic E-state index is 13.2. The highest BCUT2D eigenvalue weighted by atomic mass is 31.2. The number of carbonyl (C=O) groups excluding carboxylic acids is 1. The number of hydrogen-bond donors (Lipinski definition) is 3. The van der Waals surface area contributed by atoms with E-state index in [1.807, 2.05) is 0 Å². The van der Waals surface area contributed by atoms with Gasteiger partial charge in [0.05, 0.1) is 6.61 Å². The topological polar surface area (TPSA) is 164 Å². The SMILES string of the molecule is C[C@H](NP1(=O)OC[C@H]2O[C@@H](n3ccc(N)nc3=O)[C@](C)(O)[C@@H]2O1)C(=O)OC1CCCCC1. The maximum Gasteiger partial charge on any atom is 0.406 e. The van der Waals surface area contributed by atoms with Crippen LogP contribution < -0.4 is 16.5 Å². The van der Waals surface area contributed by atoms with Gasteiger partial charge in [-0.15, -0.1) is 0 Å². The second kappa shape index (κ2) is 8.85. The molecule has 1 saturated carbocycles. The third-order valence-corrected chi connectivity index (χ3v) is 7.72. The Kier molecular flexibility index (Phi) is 6.45. The van der Waals surface area contributed by atoms with Crippen molar-refractivity contribution in [1.82, 2.24) is 14.6 Å². The van der Waals surface area contributed by atoms with Crippen molar-refractivity contribution in [2.75, 3.05) is 12.3 Å². The Morgan fingerprint density at radius 1 is 1.44 bits per heavy atom. The molecule has 12 nitrogen and oxygen atoms in total. The smallest absolute Gasteiger partial charge is 0.406 e. The minimum atomic E-state index is -3.98. The molecule has 1 unspecified atom stereocenters. The van der Waals surface area contributed by atoms with Crippen LogP contribution in [0.4, 0.5) is 5.82 Å². The molecule has 3 aliphatic rings. The first-order valence-corrected chi connectivity index (χ1v) is 12.3. The molecule has 0 spiro atoms. The van der Waals surface area contributed by atoms with Crippen molar-refractivity contribution in [3.05, 3.63) is 22.7 Å². The minimum absolute atomic E-state index is 0.0312. The van der Waals surface area contributed by atoms with Crippen LogP contribution in [0.3, 0.4) is 0 Å². The number of nitrogen functional groups attached to an aromatic ring is 1. The lowest BCUT2D eigenvalue weighted by Gasteiger charge is -2.36. The molecule has 13 heteroatoms. The van der Waals surface area contributed by atoms with E-state index in [0.29, 0.717) is 0 Å². The molecule has 3 fully saturated rings. The van der Waals surface area contributed by atoms with Crippen LogP contribution in [-0.2, 0) is 27.9 Å². The number of rotatable bonds is 5. The maximum atomic E-state index is 13.2. The van der Waals surface area contributed by atoms with Gasteiger partial charge in [-0.25, -0.2) is 14.4 Å². The first-order valence-electron chi connectivity index (χ1n) is 10.7. The van der Waals surface area contributed by atoms with Crippen LogP contribution in [0.15, 0.2) is 17.1 Å². The molecule has 2 saturated heterocycles. The highest BCUT2D eigenvalue weighted by Crippen LogP contribution is 2.55. The van der Waals surface area contributed by atoms with E-state index in [4.69, 9.17) is 24.3 Å². The van der Waals surface area contributed by atoms with Crippen LogP contribution in [0.25, 0.3) is 0 Å². The number of aliphatic hydroxyl groups is 1. The monoisotopic (exact) mass is 472 g/mol. The summed E-state index contributed by atoms with van der Waals surface area (Å²) >= 11 is 0. The third kappa shape index (κ3) is 4.61.